The van der Waals surface area contributed by atoms with E-state index in [4.69, 9.17) is 0 Å². The molecule has 0 aliphatic heterocycles. The minimum atomic E-state index is -0.520. The average molecular weight is 242 g/mol. The van der Waals surface area contributed by atoms with Crippen molar-refractivity contribution in [3.63, 3.8) is 0 Å². The predicted molar refractivity (Wildman–Crippen MR) is 71.8 cm³/mol. The van der Waals surface area contributed by atoms with Crippen molar-refractivity contribution in [2.24, 2.45) is 17.8 Å². The molecule has 2 heteroatoms. The minimum absolute atomic E-state index is 0.258. The minimum Gasteiger partial charge on any atom is -0.390 e. The lowest BCUT2D eigenvalue weighted by Gasteiger charge is -2.35. The first kappa shape index (κ1) is 15.0. The highest BCUT2D eigenvalue weighted by atomic mass is 16.3. The van der Waals surface area contributed by atoms with E-state index in [0.717, 1.165) is 31.6 Å². The fourth-order valence-corrected chi connectivity index (χ4v) is 3.27. The highest BCUT2D eigenvalue weighted by Crippen LogP contribution is 2.34. The molecule has 2 atom stereocenters. The fraction of sp³-hybridized carbons (Fsp3) is 1.00. The van der Waals surface area contributed by atoms with Gasteiger partial charge in [0.15, 0.2) is 0 Å². The Morgan fingerprint density at radius 1 is 0.941 bits per heavy atom. The summed E-state index contributed by atoms with van der Waals surface area (Å²) >= 11 is 0. The number of aliphatic hydroxyl groups excluding tert-OH is 2. The van der Waals surface area contributed by atoms with E-state index in [-0.39, 0.29) is 5.92 Å². The molecule has 0 amide bonds. The molecule has 17 heavy (non-hydrogen) atoms. The lowest BCUT2D eigenvalue weighted by Crippen LogP contribution is -2.40. The van der Waals surface area contributed by atoms with Gasteiger partial charge in [-0.15, -0.1) is 0 Å². The first-order chi connectivity index (χ1) is 8.13. The maximum absolute atomic E-state index is 10.3. The molecule has 0 heterocycles. The lowest BCUT2D eigenvalue weighted by molar-refractivity contribution is -0.0598. The molecule has 1 rings (SSSR count). The van der Waals surface area contributed by atoms with E-state index in [2.05, 4.69) is 20.8 Å². The van der Waals surface area contributed by atoms with E-state index >= 15 is 0 Å². The van der Waals surface area contributed by atoms with Crippen molar-refractivity contribution in [1.29, 1.82) is 0 Å². The molecule has 1 saturated carbocycles. The number of aliphatic hydroxyl groups is 2. The Balaban J connectivity index is 2.44. The van der Waals surface area contributed by atoms with Gasteiger partial charge in [0.25, 0.3) is 0 Å². The van der Waals surface area contributed by atoms with Crippen LogP contribution in [0.3, 0.4) is 0 Å². The smallest absolute Gasteiger partial charge is 0.0829 e. The largest absolute Gasteiger partial charge is 0.390 e. The maximum Gasteiger partial charge on any atom is 0.0829 e. The van der Waals surface area contributed by atoms with E-state index in [1.807, 2.05) is 0 Å². The van der Waals surface area contributed by atoms with Gasteiger partial charge in [-0.2, -0.15) is 0 Å². The zero-order valence-electron chi connectivity index (χ0n) is 11.7. The fourth-order valence-electron chi connectivity index (χ4n) is 3.27. The van der Waals surface area contributed by atoms with Crippen LogP contribution in [0.2, 0.25) is 0 Å². The second-order valence-corrected chi connectivity index (χ2v) is 5.75. The Bertz CT molecular complexity index is 193. The summed E-state index contributed by atoms with van der Waals surface area (Å²) in [4.78, 5) is 0. The molecule has 0 aromatic heterocycles. The van der Waals surface area contributed by atoms with Gasteiger partial charge < -0.3 is 10.2 Å². The number of hydrogen-bond donors (Lipinski definition) is 2. The van der Waals surface area contributed by atoms with Gasteiger partial charge in [-0.3, -0.25) is 0 Å². The summed E-state index contributed by atoms with van der Waals surface area (Å²) in [6, 6.07) is 0. The summed E-state index contributed by atoms with van der Waals surface area (Å²) in [6.45, 7) is 6.44. The standard InChI is InChI=1S/C15H30O2/c1-4-11-7-9-13(10-8-11)15(17)14(16)12(5-2)6-3/h11-17H,4-10H2,1-3H3. The van der Waals surface area contributed by atoms with Crippen LogP contribution in [0, 0.1) is 17.8 Å². The van der Waals surface area contributed by atoms with Crippen molar-refractivity contribution in [2.45, 2.75) is 77.9 Å². The molecule has 2 nitrogen and oxygen atoms in total. The Morgan fingerprint density at radius 3 is 1.88 bits per heavy atom. The molecular weight excluding hydrogens is 212 g/mol. The number of rotatable bonds is 6. The van der Waals surface area contributed by atoms with Crippen LogP contribution in [0.1, 0.15) is 65.7 Å². The van der Waals surface area contributed by atoms with Crippen molar-refractivity contribution in [3.8, 4) is 0 Å². The second-order valence-electron chi connectivity index (χ2n) is 5.75. The second kappa shape index (κ2) is 7.38. The average Bonchev–Trinajstić information content (AvgIpc) is 2.39. The van der Waals surface area contributed by atoms with Crippen molar-refractivity contribution in [1.82, 2.24) is 0 Å². The van der Waals surface area contributed by atoms with Gasteiger partial charge in [0, 0.05) is 0 Å². The van der Waals surface area contributed by atoms with Crippen LogP contribution in [0.25, 0.3) is 0 Å². The van der Waals surface area contributed by atoms with Crippen LogP contribution in [-0.2, 0) is 0 Å². The van der Waals surface area contributed by atoms with Crippen molar-refractivity contribution in [2.75, 3.05) is 0 Å². The summed E-state index contributed by atoms with van der Waals surface area (Å²) in [5.74, 6) is 1.44. The molecule has 2 N–H and O–H groups in total. The first-order valence-electron chi connectivity index (χ1n) is 7.50. The molecule has 2 unspecified atom stereocenters. The van der Waals surface area contributed by atoms with Gasteiger partial charge in [-0.1, -0.05) is 52.9 Å². The summed E-state index contributed by atoms with van der Waals surface area (Å²) in [6.07, 6.45) is 6.80. The molecule has 0 aromatic rings. The molecular formula is C15H30O2. The highest BCUT2D eigenvalue weighted by Gasteiger charge is 2.32. The van der Waals surface area contributed by atoms with Crippen LogP contribution in [0.15, 0.2) is 0 Å². The van der Waals surface area contributed by atoms with Gasteiger partial charge in [-0.25, -0.2) is 0 Å². The zero-order valence-corrected chi connectivity index (χ0v) is 11.7. The summed E-state index contributed by atoms with van der Waals surface area (Å²) < 4.78 is 0. The normalized spacial score (nSPS) is 29.3. The Labute approximate surface area is 106 Å². The first-order valence-corrected chi connectivity index (χ1v) is 7.50. The van der Waals surface area contributed by atoms with Crippen molar-refractivity contribution >= 4 is 0 Å². The van der Waals surface area contributed by atoms with E-state index in [0.29, 0.717) is 5.92 Å². The van der Waals surface area contributed by atoms with Gasteiger partial charge in [0.05, 0.1) is 12.2 Å². The Hall–Kier alpha value is -0.0800. The lowest BCUT2D eigenvalue weighted by atomic mass is 9.75. The molecule has 0 bridgehead atoms. The molecule has 0 radical (unpaired) electrons. The Morgan fingerprint density at radius 2 is 1.47 bits per heavy atom. The Kier molecular flexibility index (Phi) is 6.50. The summed E-state index contributed by atoms with van der Waals surface area (Å²) in [7, 11) is 0. The van der Waals surface area contributed by atoms with Crippen LogP contribution in [0.5, 0.6) is 0 Å². The van der Waals surface area contributed by atoms with Crippen LogP contribution in [-0.4, -0.2) is 22.4 Å². The summed E-state index contributed by atoms with van der Waals surface area (Å²) in [5.41, 5.74) is 0. The topological polar surface area (TPSA) is 40.5 Å². The quantitative estimate of drug-likeness (QED) is 0.750. The van der Waals surface area contributed by atoms with E-state index in [9.17, 15) is 10.2 Å². The van der Waals surface area contributed by atoms with Crippen LogP contribution < -0.4 is 0 Å². The number of hydrogen-bond acceptors (Lipinski definition) is 2. The SMILES string of the molecule is CCC1CCC(C(O)C(O)C(CC)CC)CC1. The van der Waals surface area contributed by atoms with Crippen LogP contribution in [0.4, 0.5) is 0 Å². The molecule has 1 aliphatic carbocycles. The van der Waals surface area contributed by atoms with E-state index < -0.39 is 12.2 Å². The van der Waals surface area contributed by atoms with Gasteiger partial charge >= 0.3 is 0 Å². The van der Waals surface area contributed by atoms with E-state index in [1.165, 1.54) is 19.3 Å². The van der Waals surface area contributed by atoms with Crippen LogP contribution >= 0.6 is 0 Å². The van der Waals surface area contributed by atoms with Gasteiger partial charge in [0.2, 0.25) is 0 Å². The monoisotopic (exact) mass is 242 g/mol. The zero-order chi connectivity index (χ0) is 12.8. The third-order valence-electron chi connectivity index (χ3n) is 4.83. The molecule has 0 spiro atoms. The van der Waals surface area contributed by atoms with Crippen molar-refractivity contribution in [3.05, 3.63) is 0 Å². The molecule has 1 fully saturated rings. The third kappa shape index (κ3) is 3.96. The van der Waals surface area contributed by atoms with Gasteiger partial charge in [-0.05, 0) is 30.6 Å². The van der Waals surface area contributed by atoms with E-state index in [1.54, 1.807) is 0 Å². The molecule has 1 aliphatic rings. The maximum atomic E-state index is 10.3. The predicted octanol–water partition coefficient (Wildman–Crippen LogP) is 3.36. The molecule has 102 valence electrons. The van der Waals surface area contributed by atoms with Gasteiger partial charge in [0.1, 0.15) is 0 Å². The molecule has 0 saturated heterocycles. The molecule has 0 aromatic carbocycles. The summed E-state index contributed by atoms with van der Waals surface area (Å²) in [5, 5.41) is 20.5. The third-order valence-corrected chi connectivity index (χ3v) is 4.83. The van der Waals surface area contributed by atoms with Crippen molar-refractivity contribution < 1.29 is 10.2 Å². The highest BCUT2D eigenvalue weighted by molar-refractivity contribution is 4.83.